The zero-order chi connectivity index (χ0) is 62.1. The highest BCUT2D eigenvalue weighted by atomic mass is 19.1. The van der Waals surface area contributed by atoms with Gasteiger partial charge in [-0.1, -0.05) is 46.3 Å². The molecule has 8 N–H and O–H groups in total. The lowest BCUT2D eigenvalue weighted by molar-refractivity contribution is -0.318. The van der Waals surface area contributed by atoms with Gasteiger partial charge in [-0.15, -0.1) is 0 Å². The van der Waals surface area contributed by atoms with E-state index in [1.165, 1.54) is 26.2 Å². The van der Waals surface area contributed by atoms with Gasteiger partial charge in [0.25, 0.3) is 5.91 Å². The van der Waals surface area contributed by atoms with Crippen LogP contribution in [0.2, 0.25) is 0 Å². The second-order valence-corrected chi connectivity index (χ2v) is 28.3. The van der Waals surface area contributed by atoms with Crippen LogP contribution in [0.4, 0.5) is 4.39 Å². The summed E-state index contributed by atoms with van der Waals surface area (Å²) in [5, 5.41) is 88.9. The van der Waals surface area contributed by atoms with Crippen molar-refractivity contribution in [3.05, 3.63) is 23.8 Å². The van der Waals surface area contributed by atoms with E-state index in [1.54, 1.807) is 75.3 Å². The predicted molar refractivity (Wildman–Crippen MR) is 308 cm³/mol. The van der Waals surface area contributed by atoms with Crippen LogP contribution in [-0.2, 0) is 42.8 Å². The highest BCUT2D eigenvalue weighted by molar-refractivity contribution is 6.01. The minimum atomic E-state index is -2.13. The zero-order valence-electron chi connectivity index (χ0n) is 52.8. The molecule has 20 heteroatoms. The van der Waals surface area contributed by atoms with Crippen LogP contribution >= 0.6 is 0 Å². The van der Waals surface area contributed by atoms with E-state index in [9.17, 15) is 50.1 Å². The van der Waals surface area contributed by atoms with Crippen LogP contribution in [0.25, 0.3) is 0 Å². The molecule has 0 radical (unpaired) electrons. The second kappa shape index (κ2) is 25.2. The number of rotatable bonds is 13. The molecule has 3 aliphatic heterocycles. The van der Waals surface area contributed by atoms with Crippen molar-refractivity contribution in [2.75, 3.05) is 33.8 Å². The Morgan fingerprint density at radius 1 is 0.916 bits per heavy atom. The van der Waals surface area contributed by atoms with Crippen LogP contribution in [0, 0.1) is 46.3 Å². The quantitative estimate of drug-likeness (QED) is 0.0900. The van der Waals surface area contributed by atoms with Gasteiger partial charge in [-0.05, 0) is 158 Å². The van der Waals surface area contributed by atoms with E-state index in [0.717, 1.165) is 0 Å². The average Bonchev–Trinajstić information content (AvgIpc) is 1.69. The number of aliphatic hydroxyl groups is 7. The summed E-state index contributed by atoms with van der Waals surface area (Å²) in [6.07, 6.45) is -5.69. The van der Waals surface area contributed by atoms with Gasteiger partial charge in [0.1, 0.15) is 30.0 Å². The number of methoxy groups -OCH3 is 1. The first-order valence-electron chi connectivity index (χ1n) is 31.1. The van der Waals surface area contributed by atoms with Crippen LogP contribution in [0.1, 0.15) is 162 Å². The Kier molecular flexibility index (Phi) is 20.6. The Morgan fingerprint density at radius 2 is 1.58 bits per heavy atom. The molecule has 6 fully saturated rings. The zero-order valence-corrected chi connectivity index (χ0v) is 52.8. The molecule has 1 amide bonds. The first kappa shape index (κ1) is 68.0. The maximum Gasteiger partial charge on any atom is 0.311 e. The van der Waals surface area contributed by atoms with Crippen LogP contribution in [0.3, 0.4) is 0 Å². The van der Waals surface area contributed by atoms with Gasteiger partial charge < -0.3 is 69.5 Å². The lowest BCUT2D eigenvalue weighted by Gasteiger charge is -2.62. The summed E-state index contributed by atoms with van der Waals surface area (Å²) in [7, 11) is 3.42. The van der Waals surface area contributed by atoms with Crippen molar-refractivity contribution in [3.8, 4) is 0 Å². The molecule has 26 atom stereocenters. The number of carbonyl (C=O) groups is 3. The fourth-order valence-corrected chi connectivity index (χ4v) is 16.8. The third-order valence-corrected chi connectivity index (χ3v) is 22.2. The average molecular weight is 1180 g/mol. The summed E-state index contributed by atoms with van der Waals surface area (Å²) < 4.78 is 56.5. The number of nitrogens with one attached hydrogen (secondary N) is 1. The summed E-state index contributed by atoms with van der Waals surface area (Å²) in [6, 6.07) is -1.11. The highest BCUT2D eigenvalue weighted by Crippen LogP contribution is 2.70. The van der Waals surface area contributed by atoms with E-state index in [1.807, 2.05) is 39.6 Å². The molecule has 83 heavy (non-hydrogen) atoms. The van der Waals surface area contributed by atoms with Crippen LogP contribution in [0.15, 0.2) is 23.8 Å². The van der Waals surface area contributed by atoms with Crippen molar-refractivity contribution < 1.29 is 82.9 Å². The van der Waals surface area contributed by atoms with E-state index in [4.69, 9.17) is 28.4 Å². The molecule has 0 aromatic carbocycles. The summed E-state index contributed by atoms with van der Waals surface area (Å²) in [6.45, 7) is 27.2. The topological polar surface area (TPSA) is 267 Å². The first-order valence-corrected chi connectivity index (χ1v) is 31.1. The normalized spacial score (nSPS) is 49.5. The number of ketones is 1. The standard InChI is InChI=1S/C63H106FN3O16/c1-18-47-61(15,76)51(71)39(9)67(25-19-24-65-56(74)63(77)35(5)26-44-43-21-20-41-28-42(68)22-23-57(41,11)62(43,64)46(69)30-58(44,63)12)32-34(4)29-59(13,75)53(83-55-49(70)45(27-36(6)79-55)66(16)33(2)3)37(7)50(38(8)54(73)81-47)82-48-31-60(14,78-17)52(72)40(10)80-48/h22-23,28,33-40,43-53,55,69-72,75-77H,18-21,24-27,29-32H2,1-17H3,(H,65,74)/t34-,35-,36-,37-,38-,39-,40+,43?,44?,45+,46+,47-,48?,49-,50+,51-,52+,53-,55?,57+,58+,59-,60-,61-,62+,63+/m1/s1. The number of halogens is 1. The van der Waals surface area contributed by atoms with Gasteiger partial charge >= 0.3 is 5.97 Å². The monoisotopic (exact) mass is 1180 g/mol. The maximum absolute atomic E-state index is 17.9. The van der Waals surface area contributed by atoms with E-state index in [2.05, 4.69) is 10.2 Å². The third kappa shape index (κ3) is 12.2. The summed E-state index contributed by atoms with van der Waals surface area (Å²) in [5.41, 5.74) is -10.7. The van der Waals surface area contributed by atoms with Gasteiger partial charge in [-0.2, -0.15) is 0 Å². The summed E-state index contributed by atoms with van der Waals surface area (Å²) in [4.78, 5) is 45.9. The van der Waals surface area contributed by atoms with Crippen LogP contribution in [-0.4, -0.2) is 211 Å². The van der Waals surface area contributed by atoms with Gasteiger partial charge in [0.2, 0.25) is 0 Å². The van der Waals surface area contributed by atoms with E-state index < -0.39 is 148 Å². The Hall–Kier alpha value is -2.54. The lowest BCUT2D eigenvalue weighted by Crippen LogP contribution is -2.70. The number of fused-ring (bicyclic) bond motifs is 5. The number of ether oxygens (including phenoxy) is 6. The molecule has 3 saturated heterocycles. The Labute approximate surface area is 493 Å². The molecule has 0 aromatic rings. The molecule has 4 aliphatic carbocycles. The van der Waals surface area contributed by atoms with Gasteiger partial charge in [-0.3, -0.25) is 24.2 Å². The molecule has 476 valence electrons. The minimum absolute atomic E-state index is 0.0630. The van der Waals surface area contributed by atoms with Crippen LogP contribution in [0.5, 0.6) is 0 Å². The van der Waals surface area contributed by atoms with Gasteiger partial charge in [-0.25, -0.2) is 4.39 Å². The third-order valence-electron chi connectivity index (χ3n) is 22.2. The molecule has 0 bridgehead atoms. The first-order chi connectivity index (χ1) is 38.4. The van der Waals surface area contributed by atoms with Crippen LogP contribution < -0.4 is 5.32 Å². The summed E-state index contributed by atoms with van der Waals surface area (Å²) >= 11 is 0. The number of carbonyl (C=O) groups excluding carboxylic acids is 3. The number of amides is 1. The fourth-order valence-electron chi connectivity index (χ4n) is 16.8. The second-order valence-electron chi connectivity index (χ2n) is 28.3. The molecule has 3 saturated carbocycles. The smallest absolute Gasteiger partial charge is 0.311 e. The molecule has 3 heterocycles. The Morgan fingerprint density at radius 3 is 2.20 bits per heavy atom. The number of cyclic esters (lactones) is 1. The molecule has 7 rings (SSSR count). The number of allylic oxidation sites excluding steroid dienone is 4. The van der Waals surface area contributed by atoms with Gasteiger partial charge in [0.15, 0.2) is 29.6 Å². The number of likely N-dealkylation sites (N-methyl/N-ethyl adjacent to an activating group) is 1. The summed E-state index contributed by atoms with van der Waals surface area (Å²) in [5.74, 6) is -5.74. The fraction of sp³-hybridized carbons (Fsp3) is 0.889. The minimum Gasteiger partial charge on any atom is -0.459 e. The van der Waals surface area contributed by atoms with Crippen molar-refractivity contribution in [1.29, 1.82) is 0 Å². The SMILES string of the molecule is CC[C@H]1OC(=O)[C@H](C)[C@@H](OC2C[C@@](C)(OC)[C@@H](O)[C@H](C)O2)[C@@H](C)[C@@H](OC2O[C@H](C)C[C@H](N(C)C(C)C)[C@H]2O)[C@](C)(O)C[C@@H](C)CN(CCCNC(=O)[C@@]2(O)[C@H](C)CC3C4CCC5=CC(=O)C=C[C@]5(C)[C@@]4(F)[C@@H](O)C[C@@]32C)[C@H](C)[C@@H](O)[C@]1(C)O. The molecular formula is C63H106FN3O16. The Balaban J connectivity index is 1.17. The molecule has 19 nitrogen and oxygen atoms in total. The molecule has 4 unspecified atom stereocenters. The van der Waals surface area contributed by atoms with Gasteiger partial charge in [0, 0.05) is 74.0 Å². The number of alkyl halides is 1. The van der Waals surface area contributed by atoms with E-state index in [-0.39, 0.29) is 75.2 Å². The predicted octanol–water partition coefficient (Wildman–Crippen LogP) is 4.90. The van der Waals surface area contributed by atoms with E-state index >= 15 is 4.39 Å². The highest BCUT2D eigenvalue weighted by Gasteiger charge is 2.76. The van der Waals surface area contributed by atoms with E-state index in [0.29, 0.717) is 37.7 Å². The number of nitrogens with zero attached hydrogens (tertiary/aromatic N) is 2. The molecular weight excluding hydrogens is 1070 g/mol. The number of esters is 1. The largest absolute Gasteiger partial charge is 0.459 e. The number of hydrogen-bond acceptors (Lipinski definition) is 18. The number of aliphatic hydroxyl groups excluding tert-OH is 4. The molecule has 7 aliphatic rings. The molecule has 0 spiro atoms. The van der Waals surface area contributed by atoms with Crippen molar-refractivity contribution in [2.45, 2.75) is 275 Å². The van der Waals surface area contributed by atoms with Crippen molar-refractivity contribution in [3.63, 3.8) is 0 Å². The van der Waals surface area contributed by atoms with Crippen molar-refractivity contribution in [2.24, 2.45) is 46.3 Å². The molecule has 0 aromatic heterocycles. The van der Waals surface area contributed by atoms with Gasteiger partial charge in [0.05, 0.1) is 47.6 Å². The van der Waals surface area contributed by atoms with Crippen molar-refractivity contribution >= 4 is 17.7 Å². The van der Waals surface area contributed by atoms with Crippen molar-refractivity contribution in [1.82, 2.24) is 15.1 Å². The Bertz CT molecular complexity index is 2360. The lowest BCUT2D eigenvalue weighted by atomic mass is 9.44. The number of hydrogen-bond donors (Lipinski definition) is 8. The maximum atomic E-state index is 17.9.